The summed E-state index contributed by atoms with van der Waals surface area (Å²) in [4.78, 5) is 14.6. The van der Waals surface area contributed by atoms with Crippen LogP contribution < -0.4 is 5.32 Å². The van der Waals surface area contributed by atoms with Crippen LogP contribution in [0.4, 0.5) is 14.9 Å². The largest absolute Gasteiger partial charge is 0.444 e. The van der Waals surface area contributed by atoms with Gasteiger partial charge in [0.1, 0.15) is 12.4 Å². The zero-order valence-corrected chi connectivity index (χ0v) is 19.2. The van der Waals surface area contributed by atoms with Gasteiger partial charge in [-0.15, -0.1) is 0 Å². The van der Waals surface area contributed by atoms with Crippen molar-refractivity contribution >= 4 is 11.8 Å². The van der Waals surface area contributed by atoms with Gasteiger partial charge < -0.3 is 14.7 Å². The summed E-state index contributed by atoms with van der Waals surface area (Å²) in [5, 5.41) is 11.9. The average molecular weight is 455 g/mol. The van der Waals surface area contributed by atoms with E-state index in [9.17, 15) is 14.3 Å². The third-order valence-electron chi connectivity index (χ3n) is 7.23. The van der Waals surface area contributed by atoms with Crippen molar-refractivity contribution in [3.8, 4) is 0 Å². The second-order valence-electron chi connectivity index (χ2n) is 9.57. The molecule has 2 aromatic rings. The van der Waals surface area contributed by atoms with Crippen molar-refractivity contribution in [3.63, 3.8) is 0 Å². The van der Waals surface area contributed by atoms with Gasteiger partial charge in [0.05, 0.1) is 0 Å². The molecule has 0 atom stereocenters. The van der Waals surface area contributed by atoms with Gasteiger partial charge >= 0.3 is 6.09 Å². The molecule has 2 aliphatic rings. The summed E-state index contributed by atoms with van der Waals surface area (Å²) in [6, 6.07) is 14.4. The topological polar surface area (TPSA) is 61.8 Å². The quantitative estimate of drug-likeness (QED) is 0.576. The van der Waals surface area contributed by atoms with Crippen molar-refractivity contribution in [2.75, 3.05) is 31.6 Å². The Kier molecular flexibility index (Phi) is 8.35. The number of ether oxygens (including phenoxy) is 1. The first-order chi connectivity index (χ1) is 16.1. The first kappa shape index (κ1) is 23.7. The number of nitrogens with one attached hydrogen (secondary N) is 1. The number of rotatable bonds is 7. The summed E-state index contributed by atoms with van der Waals surface area (Å²) < 4.78 is 20.1. The number of hydrogen-bond donors (Lipinski definition) is 2. The molecule has 2 fully saturated rings. The van der Waals surface area contributed by atoms with Gasteiger partial charge in [-0.2, -0.15) is 0 Å². The van der Waals surface area contributed by atoms with Gasteiger partial charge in [-0.05, 0) is 92.6 Å². The summed E-state index contributed by atoms with van der Waals surface area (Å²) in [7, 11) is 0. The van der Waals surface area contributed by atoms with E-state index in [1.807, 2.05) is 30.3 Å². The number of aliphatic hydroxyl groups excluding tert-OH is 1. The number of carbonyl (C=O) groups excluding carboxylic acids is 1. The van der Waals surface area contributed by atoms with Crippen LogP contribution in [0.15, 0.2) is 48.5 Å². The number of amides is 1. The predicted octanol–water partition coefficient (Wildman–Crippen LogP) is 5.55. The fourth-order valence-corrected chi connectivity index (χ4v) is 5.20. The molecule has 1 aliphatic heterocycles. The van der Waals surface area contributed by atoms with E-state index in [-0.39, 0.29) is 18.3 Å². The number of anilines is 1. The number of carbonyl (C=O) groups is 1. The number of likely N-dealkylation sites (tertiary alicyclic amines) is 1. The highest BCUT2D eigenvalue weighted by Gasteiger charge is 2.27. The summed E-state index contributed by atoms with van der Waals surface area (Å²) >= 11 is 0. The van der Waals surface area contributed by atoms with Crippen molar-refractivity contribution < 1.29 is 19.0 Å². The molecule has 2 aromatic carbocycles. The minimum absolute atomic E-state index is 0.175. The minimum atomic E-state index is -0.590. The fraction of sp³-hybridized carbons (Fsp3) is 0.519. The van der Waals surface area contributed by atoms with Crippen LogP contribution in [-0.4, -0.2) is 42.3 Å². The van der Waals surface area contributed by atoms with Crippen LogP contribution in [0.5, 0.6) is 0 Å². The van der Waals surface area contributed by atoms with E-state index in [2.05, 4.69) is 10.2 Å². The maximum absolute atomic E-state index is 14.8. The zero-order valence-electron chi connectivity index (χ0n) is 19.2. The predicted molar refractivity (Wildman–Crippen MR) is 128 cm³/mol. The maximum atomic E-state index is 14.8. The molecule has 1 amide bonds. The summed E-state index contributed by atoms with van der Waals surface area (Å²) in [6.07, 6.45) is 6.02. The third-order valence-corrected chi connectivity index (χ3v) is 7.23. The summed E-state index contributed by atoms with van der Waals surface area (Å²) in [5.74, 6) is 1.17. The molecule has 1 saturated carbocycles. The van der Waals surface area contributed by atoms with Crippen molar-refractivity contribution in [1.82, 2.24) is 4.90 Å². The SMILES string of the molecule is O=C(Nc1ccc(C2CCN(CC3CCC(CO)CC3)CC2)c(F)c1)OCc1ccccc1. The second-order valence-corrected chi connectivity index (χ2v) is 9.57. The Balaban J connectivity index is 1.22. The molecule has 6 heteroatoms. The first-order valence-corrected chi connectivity index (χ1v) is 12.2. The Hall–Kier alpha value is -2.44. The zero-order chi connectivity index (χ0) is 23.0. The van der Waals surface area contributed by atoms with Gasteiger partial charge in [-0.1, -0.05) is 36.4 Å². The van der Waals surface area contributed by atoms with Crippen molar-refractivity contribution in [2.24, 2.45) is 11.8 Å². The van der Waals surface area contributed by atoms with Crippen LogP contribution >= 0.6 is 0 Å². The van der Waals surface area contributed by atoms with Crippen molar-refractivity contribution in [1.29, 1.82) is 0 Å². The molecule has 5 nitrogen and oxygen atoms in total. The second kappa shape index (κ2) is 11.6. The molecule has 0 spiro atoms. The van der Waals surface area contributed by atoms with E-state index in [0.29, 0.717) is 18.2 Å². The maximum Gasteiger partial charge on any atom is 0.411 e. The number of hydrogen-bond acceptors (Lipinski definition) is 4. The summed E-state index contributed by atoms with van der Waals surface area (Å²) in [5.41, 5.74) is 2.05. The Morgan fingerprint density at radius 1 is 1.00 bits per heavy atom. The lowest BCUT2D eigenvalue weighted by molar-refractivity contribution is 0.127. The number of piperidine rings is 1. The van der Waals surface area contributed by atoms with Crippen molar-refractivity contribution in [3.05, 3.63) is 65.5 Å². The standard InChI is InChI=1S/C27H35FN2O3/c28-26-16-24(29-27(32)33-19-22-4-2-1-3-5-22)10-11-25(26)23-12-14-30(15-13-23)17-20-6-8-21(18-31)9-7-20/h1-5,10-11,16,20-21,23,31H,6-9,12-15,17-19H2,(H,29,32). The van der Waals surface area contributed by atoms with E-state index >= 15 is 0 Å². The fourth-order valence-electron chi connectivity index (χ4n) is 5.20. The first-order valence-electron chi connectivity index (χ1n) is 12.2. The Morgan fingerprint density at radius 3 is 2.36 bits per heavy atom. The lowest BCUT2D eigenvalue weighted by atomic mass is 9.81. The van der Waals surface area contributed by atoms with Gasteiger partial charge in [0, 0.05) is 18.8 Å². The van der Waals surface area contributed by atoms with E-state index in [1.54, 1.807) is 12.1 Å². The molecule has 0 unspecified atom stereocenters. The highest BCUT2D eigenvalue weighted by atomic mass is 19.1. The Labute approximate surface area is 195 Å². The number of aliphatic hydroxyl groups is 1. The van der Waals surface area contributed by atoms with Gasteiger partial charge in [0.15, 0.2) is 0 Å². The number of nitrogens with zero attached hydrogens (tertiary/aromatic N) is 1. The van der Waals surface area contributed by atoms with Crippen LogP contribution in [0.3, 0.4) is 0 Å². The minimum Gasteiger partial charge on any atom is -0.444 e. The van der Waals surface area contributed by atoms with Gasteiger partial charge in [0.2, 0.25) is 0 Å². The molecule has 33 heavy (non-hydrogen) atoms. The molecule has 0 bridgehead atoms. The highest BCUT2D eigenvalue weighted by Crippen LogP contribution is 2.33. The van der Waals surface area contributed by atoms with Crippen LogP contribution in [0, 0.1) is 17.7 Å². The third kappa shape index (κ3) is 6.78. The molecular weight excluding hydrogens is 419 g/mol. The van der Waals surface area contributed by atoms with E-state index in [4.69, 9.17) is 4.74 Å². The molecule has 2 N–H and O–H groups in total. The number of halogens is 1. The molecule has 1 aliphatic carbocycles. The normalized spacial score (nSPS) is 22.1. The lowest BCUT2D eigenvalue weighted by Crippen LogP contribution is -2.37. The Morgan fingerprint density at radius 2 is 1.70 bits per heavy atom. The molecular formula is C27H35FN2O3. The highest BCUT2D eigenvalue weighted by molar-refractivity contribution is 5.84. The van der Waals surface area contributed by atoms with Gasteiger partial charge in [-0.25, -0.2) is 9.18 Å². The molecule has 1 saturated heterocycles. The monoisotopic (exact) mass is 454 g/mol. The van der Waals surface area contributed by atoms with E-state index in [0.717, 1.165) is 62.4 Å². The van der Waals surface area contributed by atoms with Crippen LogP contribution in [0.25, 0.3) is 0 Å². The molecule has 178 valence electrons. The molecule has 0 radical (unpaired) electrons. The van der Waals surface area contributed by atoms with E-state index < -0.39 is 6.09 Å². The molecule has 0 aromatic heterocycles. The lowest BCUT2D eigenvalue weighted by Gasteiger charge is -2.36. The van der Waals surface area contributed by atoms with E-state index in [1.165, 1.54) is 18.9 Å². The smallest absolute Gasteiger partial charge is 0.411 e. The van der Waals surface area contributed by atoms with Gasteiger partial charge in [-0.3, -0.25) is 5.32 Å². The number of benzene rings is 2. The molecule has 4 rings (SSSR count). The molecule has 1 heterocycles. The Bertz CT molecular complexity index is 891. The van der Waals surface area contributed by atoms with Gasteiger partial charge in [0.25, 0.3) is 0 Å². The summed E-state index contributed by atoms with van der Waals surface area (Å²) in [6.45, 7) is 3.62. The van der Waals surface area contributed by atoms with Crippen LogP contribution in [0.2, 0.25) is 0 Å². The van der Waals surface area contributed by atoms with Crippen LogP contribution in [0.1, 0.15) is 55.6 Å². The van der Waals surface area contributed by atoms with Crippen molar-refractivity contribution in [2.45, 2.75) is 51.0 Å². The average Bonchev–Trinajstić information content (AvgIpc) is 2.85. The van der Waals surface area contributed by atoms with Crippen LogP contribution in [-0.2, 0) is 11.3 Å².